The Kier molecular flexibility index (Phi) is 5.62. The van der Waals surface area contributed by atoms with E-state index in [2.05, 4.69) is 60.9 Å². The van der Waals surface area contributed by atoms with Crippen molar-refractivity contribution in [2.75, 3.05) is 6.54 Å². The van der Waals surface area contributed by atoms with Crippen LogP contribution in [0.5, 0.6) is 0 Å². The van der Waals surface area contributed by atoms with Crippen molar-refractivity contribution in [1.82, 2.24) is 5.32 Å². The molecule has 0 fully saturated rings. The quantitative estimate of drug-likeness (QED) is 0.797. The third-order valence-corrected chi connectivity index (χ3v) is 4.33. The summed E-state index contributed by atoms with van der Waals surface area (Å²) in [4.78, 5) is 1.47. The van der Waals surface area contributed by atoms with Gasteiger partial charge in [0.2, 0.25) is 0 Å². The zero-order chi connectivity index (χ0) is 13.5. The molecule has 19 heavy (non-hydrogen) atoms. The fourth-order valence-corrected chi connectivity index (χ4v) is 2.96. The van der Waals surface area contributed by atoms with E-state index in [4.69, 9.17) is 0 Å². The van der Waals surface area contributed by atoms with E-state index in [0.29, 0.717) is 6.04 Å². The molecule has 1 aromatic heterocycles. The third kappa shape index (κ3) is 5.17. The summed E-state index contributed by atoms with van der Waals surface area (Å²) in [7, 11) is 0. The Morgan fingerprint density at radius 3 is 2.79 bits per heavy atom. The molecule has 102 valence electrons. The Hall–Kier alpha value is -1.12. The van der Waals surface area contributed by atoms with Gasteiger partial charge in [-0.25, -0.2) is 0 Å². The molecule has 1 heterocycles. The van der Waals surface area contributed by atoms with E-state index in [-0.39, 0.29) is 0 Å². The van der Waals surface area contributed by atoms with Gasteiger partial charge in [0.25, 0.3) is 0 Å². The van der Waals surface area contributed by atoms with Crippen molar-refractivity contribution in [1.29, 1.82) is 0 Å². The van der Waals surface area contributed by atoms with Gasteiger partial charge in [0.15, 0.2) is 0 Å². The predicted octanol–water partition coefficient (Wildman–Crippen LogP) is 4.21. The van der Waals surface area contributed by atoms with Crippen molar-refractivity contribution < 1.29 is 0 Å². The van der Waals surface area contributed by atoms with Crippen LogP contribution in [0.25, 0.3) is 0 Å². The van der Waals surface area contributed by atoms with E-state index >= 15 is 0 Å². The monoisotopic (exact) mass is 273 g/mol. The number of hydrogen-bond donors (Lipinski definition) is 1. The molecule has 0 spiro atoms. The summed E-state index contributed by atoms with van der Waals surface area (Å²) in [5.41, 5.74) is 2.81. The molecule has 1 atom stereocenters. The first kappa shape index (κ1) is 14.3. The first-order valence-electron chi connectivity index (χ1n) is 7.05. The van der Waals surface area contributed by atoms with Crippen molar-refractivity contribution in [2.24, 2.45) is 0 Å². The number of rotatable bonds is 7. The first-order chi connectivity index (χ1) is 9.24. The second-order valence-electron chi connectivity index (χ2n) is 5.21. The highest BCUT2D eigenvalue weighted by atomic mass is 32.1. The molecule has 0 saturated carbocycles. The van der Waals surface area contributed by atoms with Gasteiger partial charge >= 0.3 is 0 Å². The summed E-state index contributed by atoms with van der Waals surface area (Å²) in [5.74, 6) is 0. The van der Waals surface area contributed by atoms with Crippen LogP contribution in [-0.2, 0) is 12.8 Å². The van der Waals surface area contributed by atoms with E-state index < -0.39 is 0 Å². The molecule has 2 aromatic rings. The molecule has 0 bridgehead atoms. The Labute approximate surface area is 120 Å². The molecule has 0 aliphatic carbocycles. The van der Waals surface area contributed by atoms with E-state index in [1.807, 2.05) is 11.3 Å². The third-order valence-electron chi connectivity index (χ3n) is 3.39. The maximum Gasteiger partial charge on any atom is 0.00578 e. The summed E-state index contributed by atoms with van der Waals surface area (Å²) in [5, 5.41) is 5.76. The van der Waals surface area contributed by atoms with E-state index in [0.717, 1.165) is 19.4 Å². The molecule has 0 aliphatic heterocycles. The molecule has 1 unspecified atom stereocenters. The number of thiophene rings is 1. The Morgan fingerprint density at radius 2 is 2.05 bits per heavy atom. The maximum absolute atomic E-state index is 3.61. The van der Waals surface area contributed by atoms with Gasteiger partial charge in [-0.1, -0.05) is 35.9 Å². The van der Waals surface area contributed by atoms with Gasteiger partial charge in [-0.2, -0.15) is 0 Å². The number of aryl methyl sites for hydroxylation is 2. The van der Waals surface area contributed by atoms with E-state index in [1.165, 1.54) is 22.4 Å². The molecule has 1 aromatic carbocycles. The fourth-order valence-electron chi connectivity index (χ4n) is 2.25. The lowest BCUT2D eigenvalue weighted by Gasteiger charge is -2.13. The average Bonchev–Trinajstić information content (AvgIpc) is 2.90. The highest BCUT2D eigenvalue weighted by molar-refractivity contribution is 7.09. The van der Waals surface area contributed by atoms with Crippen LogP contribution in [-0.4, -0.2) is 12.6 Å². The first-order valence-corrected chi connectivity index (χ1v) is 7.93. The second-order valence-corrected chi connectivity index (χ2v) is 6.24. The zero-order valence-electron chi connectivity index (χ0n) is 11.9. The normalized spacial score (nSPS) is 12.5. The number of hydrogen-bond acceptors (Lipinski definition) is 2. The van der Waals surface area contributed by atoms with Crippen LogP contribution in [0.15, 0.2) is 41.8 Å². The second kappa shape index (κ2) is 7.46. The topological polar surface area (TPSA) is 12.0 Å². The van der Waals surface area contributed by atoms with E-state index in [9.17, 15) is 0 Å². The predicted molar refractivity (Wildman–Crippen MR) is 85.0 cm³/mol. The Balaban J connectivity index is 1.65. The van der Waals surface area contributed by atoms with Crippen LogP contribution in [0.3, 0.4) is 0 Å². The van der Waals surface area contributed by atoms with Crippen LogP contribution in [0, 0.1) is 6.92 Å². The molecule has 1 N–H and O–H groups in total. The van der Waals surface area contributed by atoms with Crippen molar-refractivity contribution >= 4 is 11.3 Å². The van der Waals surface area contributed by atoms with Crippen molar-refractivity contribution in [3.8, 4) is 0 Å². The minimum atomic E-state index is 0.584. The van der Waals surface area contributed by atoms with Gasteiger partial charge in [-0.3, -0.25) is 0 Å². The SMILES string of the molecule is Cc1cccc(CCC(C)NCCc2cccs2)c1. The summed E-state index contributed by atoms with van der Waals surface area (Å²) >= 11 is 1.85. The lowest BCUT2D eigenvalue weighted by atomic mass is 10.0. The fraction of sp³-hybridized carbons (Fsp3) is 0.412. The highest BCUT2D eigenvalue weighted by Crippen LogP contribution is 2.10. The molecule has 0 saturated heterocycles. The van der Waals surface area contributed by atoms with Crippen molar-refractivity contribution in [2.45, 2.75) is 39.2 Å². The summed E-state index contributed by atoms with van der Waals surface area (Å²) in [6, 6.07) is 13.8. The molecule has 0 aliphatic rings. The van der Waals surface area contributed by atoms with Crippen LogP contribution >= 0.6 is 11.3 Å². The summed E-state index contributed by atoms with van der Waals surface area (Å²) in [6.07, 6.45) is 3.51. The zero-order valence-corrected chi connectivity index (χ0v) is 12.7. The Bertz CT molecular complexity index is 476. The Morgan fingerprint density at radius 1 is 1.16 bits per heavy atom. The van der Waals surface area contributed by atoms with E-state index in [1.54, 1.807) is 0 Å². The average molecular weight is 273 g/mol. The smallest absolute Gasteiger partial charge is 0.00578 e. The van der Waals surface area contributed by atoms with Crippen LogP contribution in [0.2, 0.25) is 0 Å². The number of nitrogens with one attached hydrogen (secondary N) is 1. The van der Waals surface area contributed by atoms with Gasteiger partial charge in [0.05, 0.1) is 0 Å². The largest absolute Gasteiger partial charge is 0.314 e. The molecule has 0 radical (unpaired) electrons. The molecule has 2 heteroatoms. The van der Waals surface area contributed by atoms with Crippen molar-refractivity contribution in [3.63, 3.8) is 0 Å². The lowest BCUT2D eigenvalue weighted by molar-refractivity contribution is 0.518. The van der Waals surface area contributed by atoms with Gasteiger partial charge in [0.1, 0.15) is 0 Å². The van der Waals surface area contributed by atoms with Gasteiger partial charge in [-0.05, 0) is 50.1 Å². The minimum absolute atomic E-state index is 0.584. The minimum Gasteiger partial charge on any atom is -0.314 e. The standard InChI is InChI=1S/C17H23NS/c1-14-5-3-6-16(13-14)9-8-15(2)18-11-10-17-7-4-12-19-17/h3-7,12-13,15,18H,8-11H2,1-2H3. The highest BCUT2D eigenvalue weighted by Gasteiger charge is 2.02. The van der Waals surface area contributed by atoms with Crippen LogP contribution in [0.1, 0.15) is 29.3 Å². The summed E-state index contributed by atoms with van der Waals surface area (Å²) in [6.45, 7) is 5.52. The molecular weight excluding hydrogens is 250 g/mol. The lowest BCUT2D eigenvalue weighted by Crippen LogP contribution is -2.28. The maximum atomic E-state index is 3.61. The van der Waals surface area contributed by atoms with Crippen LogP contribution in [0.4, 0.5) is 0 Å². The van der Waals surface area contributed by atoms with Gasteiger partial charge in [-0.15, -0.1) is 11.3 Å². The number of benzene rings is 1. The summed E-state index contributed by atoms with van der Waals surface area (Å²) < 4.78 is 0. The van der Waals surface area contributed by atoms with Crippen LogP contribution < -0.4 is 5.32 Å². The molecule has 0 amide bonds. The molecule has 1 nitrogen and oxygen atoms in total. The van der Waals surface area contributed by atoms with Gasteiger partial charge in [0, 0.05) is 17.5 Å². The molecular formula is C17H23NS. The van der Waals surface area contributed by atoms with Gasteiger partial charge < -0.3 is 5.32 Å². The molecule has 2 rings (SSSR count). The van der Waals surface area contributed by atoms with Crippen molar-refractivity contribution in [3.05, 3.63) is 57.8 Å².